The fraction of sp³-hybridized carbons (Fsp3) is 0.611. The molecular formula is C18H26N2O. The summed E-state index contributed by atoms with van der Waals surface area (Å²) in [6, 6.07) is 6.61. The fourth-order valence-electron chi connectivity index (χ4n) is 3.65. The Hall–Kier alpha value is -1.35. The maximum Gasteiger partial charge on any atom is 0.223 e. The summed E-state index contributed by atoms with van der Waals surface area (Å²) in [7, 11) is 0. The molecule has 1 aliphatic carbocycles. The molecular weight excluding hydrogens is 260 g/mol. The van der Waals surface area contributed by atoms with Crippen LogP contribution in [0.1, 0.15) is 49.3 Å². The third kappa shape index (κ3) is 3.65. The fourth-order valence-corrected chi connectivity index (χ4v) is 3.65. The Morgan fingerprint density at radius 3 is 3.10 bits per heavy atom. The van der Waals surface area contributed by atoms with Crippen molar-refractivity contribution in [1.29, 1.82) is 0 Å². The number of nitrogens with one attached hydrogen (secondary N) is 2. The minimum atomic E-state index is 0.232. The number of carbonyl (C=O) groups is 1. The second kappa shape index (κ2) is 6.61. The predicted octanol–water partition coefficient (Wildman–Crippen LogP) is 2.77. The third-order valence-electron chi connectivity index (χ3n) is 4.93. The van der Waals surface area contributed by atoms with Crippen molar-refractivity contribution in [1.82, 2.24) is 10.6 Å². The molecule has 0 saturated heterocycles. The van der Waals surface area contributed by atoms with E-state index in [9.17, 15) is 4.79 Å². The van der Waals surface area contributed by atoms with E-state index >= 15 is 0 Å². The van der Waals surface area contributed by atoms with Gasteiger partial charge in [0.05, 0.1) is 0 Å². The summed E-state index contributed by atoms with van der Waals surface area (Å²) in [5, 5.41) is 6.53. The highest BCUT2D eigenvalue weighted by molar-refractivity contribution is 5.78. The standard InChI is InChI=1S/C18H26N2O/c1-13-3-2-4-16(9-13)18(21)20-11-14-5-6-17-12-19-8-7-15(17)10-14/h5-6,10,13,16,19H,2-4,7-9,11-12H2,1H3,(H,20,21). The maximum absolute atomic E-state index is 12.3. The van der Waals surface area contributed by atoms with Gasteiger partial charge in [0.15, 0.2) is 0 Å². The van der Waals surface area contributed by atoms with Gasteiger partial charge in [-0.2, -0.15) is 0 Å². The van der Waals surface area contributed by atoms with E-state index in [1.807, 2.05) is 0 Å². The molecule has 1 aliphatic heterocycles. The van der Waals surface area contributed by atoms with Gasteiger partial charge in [-0.1, -0.05) is 38.0 Å². The average Bonchev–Trinajstić information content (AvgIpc) is 2.52. The molecule has 3 heteroatoms. The SMILES string of the molecule is CC1CCCC(C(=O)NCc2ccc3c(c2)CCNC3)C1. The Morgan fingerprint density at radius 1 is 1.33 bits per heavy atom. The lowest BCUT2D eigenvalue weighted by Crippen LogP contribution is -2.33. The molecule has 1 aromatic carbocycles. The van der Waals surface area contributed by atoms with Gasteiger partial charge < -0.3 is 10.6 Å². The first-order valence-electron chi connectivity index (χ1n) is 8.31. The first-order chi connectivity index (χ1) is 10.2. The van der Waals surface area contributed by atoms with Crippen LogP contribution in [0, 0.1) is 11.8 Å². The van der Waals surface area contributed by atoms with E-state index in [2.05, 4.69) is 35.8 Å². The first-order valence-corrected chi connectivity index (χ1v) is 8.31. The van der Waals surface area contributed by atoms with E-state index < -0.39 is 0 Å². The molecule has 2 unspecified atom stereocenters. The molecule has 114 valence electrons. The van der Waals surface area contributed by atoms with Crippen molar-refractivity contribution < 1.29 is 4.79 Å². The molecule has 1 heterocycles. The summed E-state index contributed by atoms with van der Waals surface area (Å²) < 4.78 is 0. The van der Waals surface area contributed by atoms with Gasteiger partial charge in [0.25, 0.3) is 0 Å². The van der Waals surface area contributed by atoms with Crippen LogP contribution >= 0.6 is 0 Å². The molecule has 0 bridgehead atoms. The second-order valence-corrected chi connectivity index (χ2v) is 6.72. The molecule has 1 fully saturated rings. The summed E-state index contributed by atoms with van der Waals surface area (Å²) in [6.45, 7) is 4.96. The monoisotopic (exact) mass is 286 g/mol. The third-order valence-corrected chi connectivity index (χ3v) is 4.93. The van der Waals surface area contributed by atoms with Crippen molar-refractivity contribution in [2.45, 2.75) is 52.1 Å². The number of carbonyl (C=O) groups excluding carboxylic acids is 1. The number of hydrogen-bond donors (Lipinski definition) is 2. The van der Waals surface area contributed by atoms with Crippen molar-refractivity contribution in [3.05, 3.63) is 34.9 Å². The molecule has 0 spiro atoms. The van der Waals surface area contributed by atoms with Gasteiger partial charge in [-0.25, -0.2) is 0 Å². The average molecular weight is 286 g/mol. The number of rotatable bonds is 3. The largest absolute Gasteiger partial charge is 0.352 e. The molecule has 1 aromatic rings. The minimum absolute atomic E-state index is 0.232. The lowest BCUT2D eigenvalue weighted by Gasteiger charge is -2.26. The Morgan fingerprint density at radius 2 is 2.24 bits per heavy atom. The molecule has 1 amide bonds. The van der Waals surface area contributed by atoms with Crippen LogP contribution in [0.4, 0.5) is 0 Å². The molecule has 3 nitrogen and oxygen atoms in total. The molecule has 3 rings (SSSR count). The molecule has 2 atom stereocenters. The van der Waals surface area contributed by atoms with Crippen LogP contribution in [0.25, 0.3) is 0 Å². The lowest BCUT2D eigenvalue weighted by molar-refractivity contribution is -0.126. The summed E-state index contributed by atoms with van der Waals surface area (Å²) in [6.07, 6.45) is 5.69. The second-order valence-electron chi connectivity index (χ2n) is 6.72. The van der Waals surface area contributed by atoms with E-state index in [1.165, 1.54) is 29.5 Å². The smallest absolute Gasteiger partial charge is 0.223 e. The summed E-state index contributed by atoms with van der Waals surface area (Å²) >= 11 is 0. The van der Waals surface area contributed by atoms with Crippen molar-refractivity contribution in [3.63, 3.8) is 0 Å². The van der Waals surface area contributed by atoms with E-state index in [-0.39, 0.29) is 11.8 Å². The highest BCUT2D eigenvalue weighted by Crippen LogP contribution is 2.28. The molecule has 1 saturated carbocycles. The normalized spacial score (nSPS) is 25.2. The van der Waals surface area contributed by atoms with Crippen LogP contribution in [0.3, 0.4) is 0 Å². The van der Waals surface area contributed by atoms with Crippen LogP contribution in [0.15, 0.2) is 18.2 Å². The van der Waals surface area contributed by atoms with E-state index in [0.29, 0.717) is 12.5 Å². The Kier molecular flexibility index (Phi) is 4.59. The number of fused-ring (bicyclic) bond motifs is 1. The van der Waals surface area contributed by atoms with Crippen molar-refractivity contribution in [3.8, 4) is 0 Å². The topological polar surface area (TPSA) is 41.1 Å². The molecule has 21 heavy (non-hydrogen) atoms. The Labute approximate surface area is 127 Å². The predicted molar refractivity (Wildman–Crippen MR) is 84.8 cm³/mol. The number of amides is 1. The van der Waals surface area contributed by atoms with E-state index in [1.54, 1.807) is 0 Å². The van der Waals surface area contributed by atoms with Crippen molar-refractivity contribution >= 4 is 5.91 Å². The summed E-state index contributed by atoms with van der Waals surface area (Å²) in [5.74, 6) is 1.18. The minimum Gasteiger partial charge on any atom is -0.352 e. The van der Waals surface area contributed by atoms with Gasteiger partial charge >= 0.3 is 0 Å². The number of benzene rings is 1. The van der Waals surface area contributed by atoms with Gasteiger partial charge in [-0.3, -0.25) is 4.79 Å². The quantitative estimate of drug-likeness (QED) is 0.897. The molecule has 2 N–H and O–H groups in total. The van der Waals surface area contributed by atoms with Crippen molar-refractivity contribution in [2.24, 2.45) is 11.8 Å². The zero-order valence-corrected chi connectivity index (χ0v) is 13.0. The first kappa shape index (κ1) is 14.6. The van der Waals surface area contributed by atoms with Gasteiger partial charge in [0.1, 0.15) is 0 Å². The molecule has 0 radical (unpaired) electrons. The van der Waals surface area contributed by atoms with Gasteiger partial charge in [-0.05, 0) is 48.4 Å². The highest BCUT2D eigenvalue weighted by Gasteiger charge is 2.24. The summed E-state index contributed by atoms with van der Waals surface area (Å²) in [5.41, 5.74) is 4.07. The van der Waals surface area contributed by atoms with Gasteiger partial charge in [0.2, 0.25) is 5.91 Å². The van der Waals surface area contributed by atoms with Crippen molar-refractivity contribution in [2.75, 3.05) is 6.54 Å². The van der Waals surface area contributed by atoms with Gasteiger partial charge in [-0.15, -0.1) is 0 Å². The Balaban J connectivity index is 1.56. The highest BCUT2D eigenvalue weighted by atomic mass is 16.1. The van der Waals surface area contributed by atoms with E-state index in [4.69, 9.17) is 0 Å². The van der Waals surface area contributed by atoms with Crippen LogP contribution in [0.5, 0.6) is 0 Å². The van der Waals surface area contributed by atoms with E-state index in [0.717, 1.165) is 32.4 Å². The maximum atomic E-state index is 12.3. The van der Waals surface area contributed by atoms with Gasteiger partial charge in [0, 0.05) is 19.0 Å². The zero-order chi connectivity index (χ0) is 14.7. The Bertz CT molecular complexity index is 512. The van der Waals surface area contributed by atoms with Crippen LogP contribution in [0.2, 0.25) is 0 Å². The van der Waals surface area contributed by atoms with Crippen LogP contribution in [-0.4, -0.2) is 12.5 Å². The molecule has 0 aromatic heterocycles. The summed E-state index contributed by atoms with van der Waals surface area (Å²) in [4.78, 5) is 12.3. The lowest BCUT2D eigenvalue weighted by atomic mass is 9.82. The molecule has 2 aliphatic rings. The zero-order valence-electron chi connectivity index (χ0n) is 13.0. The van der Waals surface area contributed by atoms with Crippen LogP contribution in [-0.2, 0) is 24.3 Å². The van der Waals surface area contributed by atoms with Crippen LogP contribution < -0.4 is 10.6 Å². The number of hydrogen-bond acceptors (Lipinski definition) is 2.